The van der Waals surface area contributed by atoms with E-state index in [-0.39, 0.29) is 12.1 Å². The molecule has 1 aliphatic rings. The van der Waals surface area contributed by atoms with E-state index in [9.17, 15) is 0 Å². The van der Waals surface area contributed by atoms with Gasteiger partial charge in [0, 0.05) is 13.0 Å². The Morgan fingerprint density at radius 1 is 1.59 bits per heavy atom. The molecule has 0 saturated carbocycles. The molecule has 1 aliphatic heterocycles. The topological polar surface area (TPSA) is 74.2 Å². The maximum Gasteiger partial charge on any atom is 0.243 e. The van der Waals surface area contributed by atoms with Gasteiger partial charge in [-0.05, 0) is 31.3 Å². The van der Waals surface area contributed by atoms with Gasteiger partial charge in [-0.2, -0.15) is 16.7 Å². The van der Waals surface area contributed by atoms with Crippen molar-refractivity contribution >= 4 is 11.8 Å². The summed E-state index contributed by atoms with van der Waals surface area (Å²) >= 11 is 1.77. The van der Waals surface area contributed by atoms with Crippen molar-refractivity contribution in [3.05, 3.63) is 11.7 Å². The van der Waals surface area contributed by atoms with Gasteiger partial charge in [0.25, 0.3) is 0 Å². The van der Waals surface area contributed by atoms with Gasteiger partial charge in [-0.25, -0.2) is 0 Å². The van der Waals surface area contributed by atoms with E-state index in [1.165, 1.54) is 0 Å². The molecule has 0 aliphatic carbocycles. The first kappa shape index (κ1) is 12.9. The molecule has 5 nitrogen and oxygen atoms in total. The lowest BCUT2D eigenvalue weighted by atomic mass is 10.2. The van der Waals surface area contributed by atoms with Gasteiger partial charge in [0.1, 0.15) is 0 Å². The highest BCUT2D eigenvalue weighted by molar-refractivity contribution is 7.98. The summed E-state index contributed by atoms with van der Waals surface area (Å²) in [6.07, 6.45) is 6.12. The molecule has 1 aromatic rings. The van der Waals surface area contributed by atoms with Crippen molar-refractivity contribution in [2.45, 2.75) is 37.8 Å². The van der Waals surface area contributed by atoms with Crippen LogP contribution in [0.5, 0.6) is 0 Å². The molecule has 0 radical (unpaired) electrons. The van der Waals surface area contributed by atoms with Crippen molar-refractivity contribution in [2.24, 2.45) is 5.73 Å². The molecule has 2 N–H and O–H groups in total. The zero-order valence-electron chi connectivity index (χ0n) is 10.1. The van der Waals surface area contributed by atoms with Crippen LogP contribution in [0.3, 0.4) is 0 Å². The Bertz CT molecular complexity index is 339. The van der Waals surface area contributed by atoms with Gasteiger partial charge in [0.2, 0.25) is 5.89 Å². The average Bonchev–Trinajstić information content (AvgIpc) is 2.98. The highest BCUT2D eigenvalue weighted by Gasteiger charge is 2.20. The highest BCUT2D eigenvalue weighted by Crippen LogP contribution is 2.18. The Labute approximate surface area is 105 Å². The molecule has 0 bridgehead atoms. The monoisotopic (exact) mass is 257 g/mol. The van der Waals surface area contributed by atoms with E-state index in [2.05, 4.69) is 16.4 Å². The molecule has 0 spiro atoms. The second kappa shape index (κ2) is 6.37. The number of ether oxygens (including phenoxy) is 1. The van der Waals surface area contributed by atoms with Crippen molar-refractivity contribution in [3.8, 4) is 0 Å². The molecule has 1 unspecified atom stereocenters. The first-order valence-corrected chi connectivity index (χ1v) is 7.37. The van der Waals surface area contributed by atoms with Gasteiger partial charge in [-0.3, -0.25) is 0 Å². The van der Waals surface area contributed by atoms with Crippen molar-refractivity contribution in [1.82, 2.24) is 10.1 Å². The third kappa shape index (κ3) is 3.69. The van der Waals surface area contributed by atoms with E-state index in [1.54, 1.807) is 11.8 Å². The molecular formula is C11H19N3O2S. The van der Waals surface area contributed by atoms with E-state index in [1.807, 2.05) is 0 Å². The SMILES string of the molecule is CSCC[C@@H](N)c1nc(CC2CCCO2)no1. The number of hydrogen-bond acceptors (Lipinski definition) is 6. The molecule has 1 fully saturated rings. The van der Waals surface area contributed by atoms with Crippen LogP contribution in [0.25, 0.3) is 0 Å². The maximum absolute atomic E-state index is 5.96. The van der Waals surface area contributed by atoms with Crippen molar-refractivity contribution in [2.75, 3.05) is 18.6 Å². The number of nitrogens with zero attached hydrogens (tertiary/aromatic N) is 2. The van der Waals surface area contributed by atoms with E-state index < -0.39 is 0 Å². The van der Waals surface area contributed by atoms with Crippen molar-refractivity contribution in [1.29, 1.82) is 0 Å². The molecule has 2 heterocycles. The summed E-state index contributed by atoms with van der Waals surface area (Å²) in [6.45, 7) is 0.850. The van der Waals surface area contributed by atoms with Crippen LogP contribution in [0.1, 0.15) is 37.0 Å². The highest BCUT2D eigenvalue weighted by atomic mass is 32.2. The molecule has 2 atom stereocenters. The summed E-state index contributed by atoms with van der Waals surface area (Å²) in [6, 6.07) is -0.145. The predicted molar refractivity (Wildman–Crippen MR) is 66.9 cm³/mol. The lowest BCUT2D eigenvalue weighted by molar-refractivity contribution is 0.109. The zero-order chi connectivity index (χ0) is 12.1. The maximum atomic E-state index is 5.96. The first-order chi connectivity index (χ1) is 8.29. The quantitative estimate of drug-likeness (QED) is 0.833. The average molecular weight is 257 g/mol. The third-order valence-electron chi connectivity index (χ3n) is 2.87. The number of rotatable bonds is 6. The van der Waals surface area contributed by atoms with Gasteiger partial charge in [-0.15, -0.1) is 0 Å². The van der Waals surface area contributed by atoms with Gasteiger partial charge < -0.3 is 15.0 Å². The number of aromatic nitrogens is 2. The van der Waals surface area contributed by atoms with Crippen molar-refractivity contribution in [3.63, 3.8) is 0 Å². The first-order valence-electron chi connectivity index (χ1n) is 5.98. The van der Waals surface area contributed by atoms with E-state index in [0.29, 0.717) is 11.7 Å². The van der Waals surface area contributed by atoms with Gasteiger partial charge >= 0.3 is 0 Å². The Morgan fingerprint density at radius 3 is 3.18 bits per heavy atom. The van der Waals surface area contributed by atoms with Gasteiger partial charge in [0.15, 0.2) is 5.82 Å². The summed E-state index contributed by atoms with van der Waals surface area (Å²) in [5.74, 6) is 2.27. The van der Waals surface area contributed by atoms with Crippen LogP contribution in [0.15, 0.2) is 4.52 Å². The Morgan fingerprint density at radius 2 is 2.47 bits per heavy atom. The molecule has 1 aromatic heterocycles. The minimum Gasteiger partial charge on any atom is -0.378 e. The number of nitrogens with two attached hydrogens (primary N) is 1. The van der Waals surface area contributed by atoms with Crippen LogP contribution in [0.2, 0.25) is 0 Å². The van der Waals surface area contributed by atoms with Crippen LogP contribution in [-0.4, -0.2) is 34.9 Å². The summed E-state index contributed by atoms with van der Waals surface area (Å²) in [5.41, 5.74) is 5.96. The minimum atomic E-state index is -0.145. The van der Waals surface area contributed by atoms with Crippen LogP contribution in [-0.2, 0) is 11.2 Å². The summed E-state index contributed by atoms with van der Waals surface area (Å²) in [7, 11) is 0. The molecule has 0 amide bonds. The van der Waals surface area contributed by atoms with E-state index in [4.69, 9.17) is 15.0 Å². The van der Waals surface area contributed by atoms with E-state index >= 15 is 0 Å². The number of thioether (sulfide) groups is 1. The van der Waals surface area contributed by atoms with Gasteiger partial charge in [-0.1, -0.05) is 5.16 Å². The molecule has 96 valence electrons. The number of hydrogen-bond donors (Lipinski definition) is 1. The van der Waals surface area contributed by atoms with Crippen LogP contribution in [0, 0.1) is 0 Å². The molecule has 2 rings (SSSR count). The fourth-order valence-electron chi connectivity index (χ4n) is 1.88. The largest absolute Gasteiger partial charge is 0.378 e. The Balaban J connectivity index is 1.86. The van der Waals surface area contributed by atoms with Crippen LogP contribution < -0.4 is 5.73 Å². The zero-order valence-corrected chi connectivity index (χ0v) is 10.9. The summed E-state index contributed by atoms with van der Waals surface area (Å²) < 4.78 is 10.7. The normalized spacial score (nSPS) is 21.9. The second-order valence-electron chi connectivity index (χ2n) is 4.28. The summed E-state index contributed by atoms with van der Waals surface area (Å²) in [5, 5.41) is 3.96. The second-order valence-corrected chi connectivity index (χ2v) is 5.26. The van der Waals surface area contributed by atoms with Crippen LogP contribution >= 0.6 is 11.8 Å². The third-order valence-corrected chi connectivity index (χ3v) is 3.51. The van der Waals surface area contributed by atoms with Crippen molar-refractivity contribution < 1.29 is 9.26 Å². The minimum absolute atomic E-state index is 0.145. The molecule has 1 saturated heterocycles. The molecule has 17 heavy (non-hydrogen) atoms. The summed E-state index contributed by atoms with van der Waals surface area (Å²) in [4.78, 5) is 4.33. The van der Waals surface area contributed by atoms with Crippen LogP contribution in [0.4, 0.5) is 0 Å². The Kier molecular flexibility index (Phi) is 4.82. The lowest BCUT2D eigenvalue weighted by Crippen LogP contribution is -2.13. The molecule has 0 aromatic carbocycles. The lowest BCUT2D eigenvalue weighted by Gasteiger charge is -2.05. The smallest absolute Gasteiger partial charge is 0.243 e. The fraction of sp³-hybridized carbons (Fsp3) is 0.818. The predicted octanol–water partition coefficient (Wildman–Crippen LogP) is 1.54. The molecule has 6 heteroatoms. The standard InChI is InChI=1S/C11H19N3O2S/c1-17-6-4-9(12)11-13-10(14-16-11)7-8-3-2-5-15-8/h8-9H,2-7,12H2,1H3/t8?,9-/m1/s1. The molecular weight excluding hydrogens is 238 g/mol. The van der Waals surface area contributed by atoms with E-state index in [0.717, 1.165) is 38.0 Å². The fourth-order valence-corrected chi connectivity index (χ4v) is 2.37. The Hall–Kier alpha value is -0.590. The van der Waals surface area contributed by atoms with Gasteiger partial charge in [0.05, 0.1) is 12.1 Å².